The minimum Gasteiger partial charge on any atom is -0.495 e. The van der Waals surface area contributed by atoms with Crippen molar-refractivity contribution in [2.75, 3.05) is 7.11 Å². The molecular formula is C16H20N4OS. The number of benzene rings is 1. The highest BCUT2D eigenvalue weighted by atomic mass is 32.1. The van der Waals surface area contributed by atoms with Crippen LogP contribution in [-0.4, -0.2) is 23.0 Å². The third-order valence-electron chi connectivity index (χ3n) is 3.42. The average molecular weight is 316 g/mol. The van der Waals surface area contributed by atoms with Gasteiger partial charge in [-0.05, 0) is 56.8 Å². The van der Waals surface area contributed by atoms with Crippen LogP contribution >= 0.6 is 12.2 Å². The predicted octanol–water partition coefficient (Wildman–Crippen LogP) is 2.58. The fourth-order valence-corrected chi connectivity index (χ4v) is 2.48. The summed E-state index contributed by atoms with van der Waals surface area (Å²) in [7, 11) is 1.68. The number of hydrogen-bond acceptors (Lipinski definition) is 3. The Hall–Kier alpha value is -2.34. The summed E-state index contributed by atoms with van der Waals surface area (Å²) >= 11 is 4.73. The average Bonchev–Trinajstić information content (AvgIpc) is 2.73. The van der Waals surface area contributed by atoms with Crippen molar-refractivity contribution in [2.24, 2.45) is 10.8 Å². The van der Waals surface area contributed by atoms with E-state index in [1.165, 1.54) is 5.56 Å². The Kier molecular flexibility index (Phi) is 4.82. The van der Waals surface area contributed by atoms with Crippen LogP contribution in [0.4, 0.5) is 0 Å². The van der Waals surface area contributed by atoms with E-state index < -0.39 is 0 Å². The molecule has 0 unspecified atom stereocenters. The topological polar surface area (TPSA) is 64.6 Å². The second kappa shape index (κ2) is 6.62. The van der Waals surface area contributed by atoms with E-state index in [2.05, 4.69) is 34.2 Å². The Morgan fingerprint density at radius 1 is 1.32 bits per heavy atom. The number of methoxy groups -OCH3 is 1. The van der Waals surface area contributed by atoms with Crippen molar-refractivity contribution < 1.29 is 4.74 Å². The van der Waals surface area contributed by atoms with Gasteiger partial charge in [0.2, 0.25) is 0 Å². The van der Waals surface area contributed by atoms with Gasteiger partial charge in [0.1, 0.15) is 5.75 Å². The SMILES string of the molecule is COc1ccc(C)cc1-n1c(C)cc(/C=N/NC(N)=S)c1C. The number of nitrogens with zero attached hydrogens (tertiary/aromatic N) is 2. The first-order chi connectivity index (χ1) is 10.4. The van der Waals surface area contributed by atoms with E-state index in [0.717, 1.165) is 28.4 Å². The van der Waals surface area contributed by atoms with E-state index >= 15 is 0 Å². The minimum absolute atomic E-state index is 0.144. The molecule has 116 valence electrons. The highest BCUT2D eigenvalue weighted by molar-refractivity contribution is 7.80. The zero-order valence-corrected chi connectivity index (χ0v) is 14.0. The van der Waals surface area contributed by atoms with Crippen molar-refractivity contribution in [1.29, 1.82) is 0 Å². The number of ether oxygens (including phenoxy) is 1. The molecule has 0 bridgehead atoms. The van der Waals surface area contributed by atoms with E-state index in [0.29, 0.717) is 0 Å². The molecule has 0 saturated carbocycles. The van der Waals surface area contributed by atoms with Crippen molar-refractivity contribution in [2.45, 2.75) is 20.8 Å². The number of aryl methyl sites for hydroxylation is 2. The quantitative estimate of drug-likeness (QED) is 0.517. The summed E-state index contributed by atoms with van der Waals surface area (Å²) in [6.07, 6.45) is 1.71. The molecular weight excluding hydrogens is 296 g/mol. The zero-order chi connectivity index (χ0) is 16.3. The van der Waals surface area contributed by atoms with Gasteiger partial charge < -0.3 is 15.0 Å². The molecule has 1 aromatic heterocycles. The molecule has 0 amide bonds. The largest absolute Gasteiger partial charge is 0.495 e. The number of aromatic nitrogens is 1. The fourth-order valence-electron chi connectivity index (χ4n) is 2.43. The van der Waals surface area contributed by atoms with Crippen molar-refractivity contribution in [3.63, 3.8) is 0 Å². The molecule has 3 N–H and O–H groups in total. The molecule has 2 rings (SSSR count). The van der Waals surface area contributed by atoms with Crippen molar-refractivity contribution in [3.8, 4) is 11.4 Å². The molecule has 0 spiro atoms. The lowest BCUT2D eigenvalue weighted by molar-refractivity contribution is 0.412. The van der Waals surface area contributed by atoms with Crippen molar-refractivity contribution in [1.82, 2.24) is 9.99 Å². The highest BCUT2D eigenvalue weighted by Gasteiger charge is 2.13. The maximum atomic E-state index is 5.49. The van der Waals surface area contributed by atoms with Gasteiger partial charge in [0, 0.05) is 17.0 Å². The highest BCUT2D eigenvalue weighted by Crippen LogP contribution is 2.28. The summed E-state index contributed by atoms with van der Waals surface area (Å²) in [5.74, 6) is 0.831. The molecule has 0 radical (unpaired) electrons. The van der Waals surface area contributed by atoms with Crippen LogP contribution < -0.4 is 15.9 Å². The summed E-state index contributed by atoms with van der Waals surface area (Å²) < 4.78 is 7.63. The molecule has 0 aliphatic rings. The van der Waals surface area contributed by atoms with Crippen LogP contribution in [0.1, 0.15) is 22.5 Å². The van der Waals surface area contributed by atoms with Crippen molar-refractivity contribution in [3.05, 3.63) is 46.8 Å². The zero-order valence-electron chi connectivity index (χ0n) is 13.2. The van der Waals surface area contributed by atoms with Gasteiger partial charge in [-0.1, -0.05) is 6.07 Å². The van der Waals surface area contributed by atoms with Crippen molar-refractivity contribution >= 4 is 23.5 Å². The lowest BCUT2D eigenvalue weighted by Crippen LogP contribution is -2.24. The summed E-state index contributed by atoms with van der Waals surface area (Å²) in [6, 6.07) is 8.17. The van der Waals surface area contributed by atoms with E-state index in [9.17, 15) is 0 Å². The van der Waals surface area contributed by atoms with Gasteiger partial charge in [-0.2, -0.15) is 5.10 Å². The maximum Gasteiger partial charge on any atom is 0.184 e. The second-order valence-corrected chi connectivity index (χ2v) is 5.51. The molecule has 1 aromatic carbocycles. The summed E-state index contributed by atoms with van der Waals surface area (Å²) in [5.41, 5.74) is 13.3. The van der Waals surface area contributed by atoms with Crippen LogP contribution in [-0.2, 0) is 0 Å². The molecule has 2 aromatic rings. The minimum atomic E-state index is 0.144. The van der Waals surface area contributed by atoms with Crippen LogP contribution in [0.3, 0.4) is 0 Å². The number of hydrazone groups is 1. The Labute approximate surface area is 135 Å². The first-order valence-electron chi connectivity index (χ1n) is 6.86. The lowest BCUT2D eigenvalue weighted by Gasteiger charge is -2.14. The van der Waals surface area contributed by atoms with Crippen LogP contribution in [0.5, 0.6) is 5.75 Å². The molecule has 5 nitrogen and oxygen atoms in total. The Bertz CT molecular complexity index is 734. The van der Waals surface area contributed by atoms with E-state index in [1.807, 2.05) is 26.0 Å². The molecule has 6 heteroatoms. The number of nitrogens with one attached hydrogen (secondary N) is 1. The molecule has 0 saturated heterocycles. The summed E-state index contributed by atoms with van der Waals surface area (Å²) in [4.78, 5) is 0. The molecule has 0 aliphatic carbocycles. The number of thiocarbonyl (C=S) groups is 1. The second-order valence-electron chi connectivity index (χ2n) is 5.07. The maximum absolute atomic E-state index is 5.49. The molecule has 0 fully saturated rings. The van der Waals surface area contributed by atoms with Crippen LogP contribution in [0, 0.1) is 20.8 Å². The monoisotopic (exact) mass is 316 g/mol. The normalized spacial score (nSPS) is 10.9. The smallest absolute Gasteiger partial charge is 0.184 e. The van der Waals surface area contributed by atoms with Gasteiger partial charge in [0.05, 0.1) is 19.0 Å². The standard InChI is InChI=1S/C16H20N4OS/c1-10-5-6-15(21-4)14(7-10)20-11(2)8-13(12(20)3)9-18-19-16(17)22/h5-9H,1-4H3,(H3,17,19,22)/b18-9+. The lowest BCUT2D eigenvalue weighted by atomic mass is 10.2. The Morgan fingerprint density at radius 3 is 2.68 bits per heavy atom. The number of rotatable bonds is 4. The van der Waals surface area contributed by atoms with Crippen LogP contribution in [0.25, 0.3) is 5.69 Å². The third-order valence-corrected chi connectivity index (χ3v) is 3.52. The van der Waals surface area contributed by atoms with Crippen LogP contribution in [0.2, 0.25) is 0 Å². The van der Waals surface area contributed by atoms with E-state index in [4.69, 9.17) is 22.7 Å². The van der Waals surface area contributed by atoms with Gasteiger partial charge in [-0.25, -0.2) is 0 Å². The summed E-state index contributed by atoms with van der Waals surface area (Å²) in [6.45, 7) is 6.15. The van der Waals surface area contributed by atoms with Gasteiger partial charge in [0.15, 0.2) is 5.11 Å². The fraction of sp³-hybridized carbons (Fsp3) is 0.250. The number of nitrogens with two attached hydrogens (primary N) is 1. The molecule has 1 heterocycles. The first-order valence-corrected chi connectivity index (χ1v) is 7.27. The Balaban J connectivity index is 2.49. The van der Waals surface area contributed by atoms with Gasteiger partial charge >= 0.3 is 0 Å². The summed E-state index contributed by atoms with van der Waals surface area (Å²) in [5, 5.41) is 4.17. The van der Waals surface area contributed by atoms with Gasteiger partial charge in [-0.15, -0.1) is 0 Å². The Morgan fingerprint density at radius 2 is 2.05 bits per heavy atom. The third kappa shape index (κ3) is 3.28. The molecule has 22 heavy (non-hydrogen) atoms. The predicted molar refractivity (Wildman–Crippen MR) is 94.0 cm³/mol. The van der Waals surface area contributed by atoms with E-state index in [-0.39, 0.29) is 5.11 Å². The first kappa shape index (κ1) is 16.0. The molecule has 0 aliphatic heterocycles. The molecule has 0 atom stereocenters. The van der Waals surface area contributed by atoms with Crippen LogP contribution in [0.15, 0.2) is 29.4 Å². The van der Waals surface area contributed by atoms with Gasteiger partial charge in [-0.3, -0.25) is 5.43 Å². The van der Waals surface area contributed by atoms with Gasteiger partial charge in [0.25, 0.3) is 0 Å². The number of hydrogen-bond donors (Lipinski definition) is 2. The van der Waals surface area contributed by atoms with E-state index in [1.54, 1.807) is 13.3 Å².